The fourth-order valence-corrected chi connectivity index (χ4v) is 8.77. The van der Waals surface area contributed by atoms with E-state index in [1.165, 1.54) is 193 Å². The third-order valence-corrected chi connectivity index (χ3v) is 13.0. The number of unbranched alkanes of at least 4 members (excludes halogenated alkanes) is 32. The highest BCUT2D eigenvalue weighted by Crippen LogP contribution is 2.17. The zero-order valence-electron chi connectivity index (χ0n) is 42.6. The Balaban J connectivity index is 4.69. The minimum absolute atomic E-state index is 0.0824. The van der Waals surface area contributed by atoms with Crippen LogP contribution in [0, 0.1) is 0 Å². The number of hydrogen-bond donors (Lipinski definition) is 6. The van der Waals surface area contributed by atoms with E-state index in [9.17, 15) is 9.59 Å². The molecule has 0 aromatic carbocycles. The number of carbonyl (C=O) groups is 2. The molecule has 0 saturated heterocycles. The molecule has 0 aromatic heterocycles. The minimum atomic E-state index is -0.473. The molecular weight excluding hydrogens is 779 g/mol. The predicted octanol–water partition coefficient (Wildman–Crippen LogP) is 12.2. The Morgan fingerprint density at radius 3 is 1.10 bits per heavy atom. The molecule has 0 heterocycles. The Kier molecular flexibility index (Phi) is 52.3. The van der Waals surface area contributed by atoms with Gasteiger partial charge in [0.2, 0.25) is 11.8 Å². The van der Waals surface area contributed by atoms with Gasteiger partial charge in [-0.1, -0.05) is 206 Å². The number of nitrogens with one attached hydrogen (secondary N) is 4. The summed E-state index contributed by atoms with van der Waals surface area (Å²) in [5, 5.41) is 13.4. The summed E-state index contributed by atoms with van der Waals surface area (Å²) < 4.78 is 0. The molecule has 8 N–H and O–H groups in total. The molecule has 0 bridgehead atoms. The van der Waals surface area contributed by atoms with E-state index in [0.717, 1.165) is 104 Å². The van der Waals surface area contributed by atoms with Gasteiger partial charge in [-0.15, -0.1) is 0 Å². The van der Waals surface area contributed by atoms with Crippen LogP contribution >= 0.6 is 0 Å². The molecule has 0 aromatic rings. The van der Waals surface area contributed by atoms with Gasteiger partial charge in [0.1, 0.15) is 6.04 Å². The Labute approximate surface area is 393 Å². The van der Waals surface area contributed by atoms with Crippen molar-refractivity contribution in [2.75, 3.05) is 65.4 Å². The lowest BCUT2D eigenvalue weighted by Gasteiger charge is -2.28. The smallest absolute Gasteiger partial charge is 0.245 e. The van der Waals surface area contributed by atoms with Crippen molar-refractivity contribution >= 4 is 11.8 Å². The van der Waals surface area contributed by atoms with Crippen LogP contribution in [0.2, 0.25) is 0 Å². The molecule has 0 aliphatic carbocycles. The Hall–Kier alpha value is -1.26. The van der Waals surface area contributed by atoms with Gasteiger partial charge in [-0.3, -0.25) is 9.59 Å². The fourth-order valence-electron chi connectivity index (χ4n) is 8.77. The molecule has 0 radical (unpaired) electrons. The van der Waals surface area contributed by atoms with E-state index in [1.54, 1.807) is 0 Å². The van der Waals surface area contributed by atoms with Crippen LogP contribution in [0.1, 0.15) is 264 Å². The molecule has 0 aliphatic heterocycles. The summed E-state index contributed by atoms with van der Waals surface area (Å²) in [5.74, 6) is 0.0297. The second-order valence-electron chi connectivity index (χ2n) is 19.2. The maximum atomic E-state index is 14.2. The van der Waals surface area contributed by atoms with E-state index in [4.69, 9.17) is 11.5 Å². The van der Waals surface area contributed by atoms with Crippen molar-refractivity contribution in [2.45, 2.75) is 270 Å². The van der Waals surface area contributed by atoms with Gasteiger partial charge >= 0.3 is 0 Å². The monoisotopic (exact) mass is 892 g/mol. The first-order valence-electron chi connectivity index (χ1n) is 28.2. The number of nitrogens with zero attached hydrogens (tertiary/aromatic N) is 1. The second kappa shape index (κ2) is 53.4. The molecule has 63 heavy (non-hydrogen) atoms. The molecule has 9 heteroatoms. The van der Waals surface area contributed by atoms with E-state index in [2.05, 4.69) is 40.0 Å². The third-order valence-electron chi connectivity index (χ3n) is 13.0. The lowest BCUT2D eigenvalue weighted by molar-refractivity contribution is -0.136. The standard InChI is InChI=1S/C54H113N7O2/c1-3-5-7-9-11-13-15-17-19-21-23-25-27-29-31-37-49-61(50-38-32-30-28-26-24-22-20-18-16-14-12-10-8-6-4-2)54(63)52(41-33-34-42-55)60-53(62)51-59-48-40-47-58-45-36-35-44-57-46-39-43-56/h52,57-59H,3-51,55-56H2,1-2H3,(H,60,62)/t52-/m0/s1. The summed E-state index contributed by atoms with van der Waals surface area (Å²) in [4.78, 5) is 29.4. The molecule has 9 nitrogen and oxygen atoms in total. The van der Waals surface area contributed by atoms with Gasteiger partial charge in [0.15, 0.2) is 0 Å². The van der Waals surface area contributed by atoms with Crippen molar-refractivity contribution in [2.24, 2.45) is 11.5 Å². The maximum absolute atomic E-state index is 14.2. The van der Waals surface area contributed by atoms with Gasteiger partial charge < -0.3 is 37.6 Å². The Morgan fingerprint density at radius 1 is 0.381 bits per heavy atom. The lowest BCUT2D eigenvalue weighted by atomic mass is 10.0. The quantitative estimate of drug-likeness (QED) is 0.0335. The zero-order valence-corrected chi connectivity index (χ0v) is 42.6. The van der Waals surface area contributed by atoms with Crippen molar-refractivity contribution in [1.82, 2.24) is 26.2 Å². The second-order valence-corrected chi connectivity index (χ2v) is 19.2. The average Bonchev–Trinajstić information content (AvgIpc) is 3.29. The van der Waals surface area contributed by atoms with Crippen LogP contribution in [-0.4, -0.2) is 88.2 Å². The highest BCUT2D eigenvalue weighted by atomic mass is 16.2. The van der Waals surface area contributed by atoms with Gasteiger partial charge in [0.05, 0.1) is 6.54 Å². The van der Waals surface area contributed by atoms with Crippen molar-refractivity contribution in [3.05, 3.63) is 0 Å². The first kappa shape index (κ1) is 61.7. The molecule has 0 unspecified atom stereocenters. The average molecular weight is 893 g/mol. The van der Waals surface area contributed by atoms with Crippen molar-refractivity contribution < 1.29 is 9.59 Å². The predicted molar refractivity (Wildman–Crippen MR) is 277 cm³/mol. The van der Waals surface area contributed by atoms with Crippen LogP contribution < -0.4 is 32.7 Å². The summed E-state index contributed by atoms with van der Waals surface area (Å²) in [6, 6.07) is -0.473. The van der Waals surface area contributed by atoms with Gasteiger partial charge in [0.25, 0.3) is 0 Å². The van der Waals surface area contributed by atoms with E-state index < -0.39 is 6.04 Å². The van der Waals surface area contributed by atoms with Gasteiger partial charge in [-0.05, 0) is 104 Å². The van der Waals surface area contributed by atoms with Crippen molar-refractivity contribution in [3.8, 4) is 0 Å². The molecule has 0 saturated carbocycles. The van der Waals surface area contributed by atoms with Gasteiger partial charge in [-0.25, -0.2) is 0 Å². The van der Waals surface area contributed by atoms with Crippen LogP contribution in [0.4, 0.5) is 0 Å². The molecule has 0 aliphatic rings. The highest BCUT2D eigenvalue weighted by molar-refractivity contribution is 5.88. The van der Waals surface area contributed by atoms with Gasteiger partial charge in [0, 0.05) is 13.1 Å². The van der Waals surface area contributed by atoms with Gasteiger partial charge in [-0.2, -0.15) is 0 Å². The molecule has 0 rings (SSSR count). The minimum Gasteiger partial charge on any atom is -0.343 e. The van der Waals surface area contributed by atoms with E-state index in [-0.39, 0.29) is 18.4 Å². The van der Waals surface area contributed by atoms with E-state index in [0.29, 0.717) is 13.0 Å². The molecule has 0 fully saturated rings. The van der Waals surface area contributed by atoms with Crippen LogP contribution in [0.25, 0.3) is 0 Å². The number of amides is 2. The number of rotatable bonds is 54. The highest BCUT2D eigenvalue weighted by Gasteiger charge is 2.25. The number of nitrogens with two attached hydrogens (primary N) is 2. The topological polar surface area (TPSA) is 138 Å². The Bertz CT molecular complexity index is 873. The summed E-state index contributed by atoms with van der Waals surface area (Å²) >= 11 is 0. The molecule has 2 amide bonds. The van der Waals surface area contributed by atoms with Crippen molar-refractivity contribution in [3.63, 3.8) is 0 Å². The SMILES string of the molecule is CCCCCCCCCCCCCCCCCCN(CCCCCCCCCCCCCCCCCC)C(=O)[C@H](CCCCN)NC(=O)CNCCCNCCCCNCCCN. The summed E-state index contributed by atoms with van der Waals surface area (Å²) in [5.41, 5.74) is 11.4. The van der Waals surface area contributed by atoms with Crippen LogP contribution in [0.3, 0.4) is 0 Å². The Morgan fingerprint density at radius 2 is 0.714 bits per heavy atom. The normalized spacial score (nSPS) is 12.0. The number of hydrogen-bond acceptors (Lipinski definition) is 7. The fraction of sp³-hybridized carbons (Fsp3) is 0.963. The summed E-state index contributed by atoms with van der Waals surface area (Å²) in [6.45, 7) is 12.6. The van der Waals surface area contributed by atoms with E-state index in [1.807, 2.05) is 0 Å². The molecule has 1 atom stereocenters. The third kappa shape index (κ3) is 47.1. The number of carbonyl (C=O) groups excluding carboxylic acids is 2. The van der Waals surface area contributed by atoms with Crippen molar-refractivity contribution in [1.29, 1.82) is 0 Å². The molecular formula is C54H113N7O2. The van der Waals surface area contributed by atoms with Crippen LogP contribution in [-0.2, 0) is 9.59 Å². The van der Waals surface area contributed by atoms with Crippen LogP contribution in [0.5, 0.6) is 0 Å². The molecule has 376 valence electrons. The largest absolute Gasteiger partial charge is 0.343 e. The first-order valence-corrected chi connectivity index (χ1v) is 28.2. The summed E-state index contributed by atoms with van der Waals surface area (Å²) in [7, 11) is 0. The lowest BCUT2D eigenvalue weighted by Crippen LogP contribution is -2.51. The summed E-state index contributed by atoms with van der Waals surface area (Å²) in [6.07, 6.45) is 49.8. The maximum Gasteiger partial charge on any atom is 0.245 e. The van der Waals surface area contributed by atoms with E-state index >= 15 is 0 Å². The molecule has 0 spiro atoms. The van der Waals surface area contributed by atoms with Crippen LogP contribution in [0.15, 0.2) is 0 Å². The zero-order chi connectivity index (χ0) is 45.8. The first-order chi connectivity index (χ1) is 31.1.